The predicted molar refractivity (Wildman–Crippen MR) is 170 cm³/mol. The van der Waals surface area contributed by atoms with Gasteiger partial charge in [-0.1, -0.05) is 51.0 Å². The summed E-state index contributed by atoms with van der Waals surface area (Å²) < 4.78 is 19.5. The second-order valence-corrected chi connectivity index (χ2v) is 10.5. The van der Waals surface area contributed by atoms with Crippen LogP contribution in [0.4, 0.5) is 10.1 Å². The third-order valence-electron chi connectivity index (χ3n) is 6.57. The fraction of sp³-hybridized carbons (Fsp3) is 0.389. The fourth-order valence-corrected chi connectivity index (χ4v) is 4.57. The third-order valence-corrected chi connectivity index (χ3v) is 6.57. The molecule has 0 saturated heterocycles. The summed E-state index contributed by atoms with van der Waals surface area (Å²) in [5, 5.41) is 12.0. The summed E-state index contributed by atoms with van der Waals surface area (Å²) in [7, 11) is 0. The van der Waals surface area contributed by atoms with Crippen molar-refractivity contribution in [2.24, 2.45) is 0 Å². The summed E-state index contributed by atoms with van der Waals surface area (Å²) in [6, 6.07) is 20.6. The van der Waals surface area contributed by atoms with Gasteiger partial charge in [0.05, 0.1) is 11.6 Å². The topological polar surface area (TPSA) is 62.1 Å². The number of rotatable bonds is 11. The molecular weight excluding hydrogens is 511 g/mol. The second kappa shape index (κ2) is 18.4. The molecule has 0 heterocycles. The number of hydrogen-bond donors (Lipinski definition) is 1. The van der Waals surface area contributed by atoms with Crippen LogP contribution >= 0.6 is 0 Å². The Hall–Kier alpha value is -3.91. The van der Waals surface area contributed by atoms with Crippen LogP contribution in [-0.4, -0.2) is 12.8 Å². The van der Waals surface area contributed by atoms with Crippen molar-refractivity contribution in [2.45, 2.75) is 85.5 Å². The van der Waals surface area contributed by atoms with Gasteiger partial charge in [-0.3, -0.25) is 0 Å². The van der Waals surface area contributed by atoms with Gasteiger partial charge in [-0.2, -0.15) is 5.26 Å². The first kappa shape index (κ1) is 35.1. The van der Waals surface area contributed by atoms with E-state index in [4.69, 9.17) is 10.00 Å². The van der Waals surface area contributed by atoms with Crippen LogP contribution in [0, 0.1) is 24.1 Å². The number of nitrogens with one attached hydrogen (secondary N) is 1. The number of para-hydroxylation sites is 1. The minimum absolute atomic E-state index is 0.313. The second-order valence-electron chi connectivity index (χ2n) is 10.5. The Morgan fingerprint density at radius 1 is 1.05 bits per heavy atom. The van der Waals surface area contributed by atoms with Gasteiger partial charge < -0.3 is 14.8 Å². The number of nitrogens with zero attached hydrogens (tertiary/aromatic N) is 1. The highest BCUT2D eigenvalue weighted by atomic mass is 19.1. The minimum atomic E-state index is -0.656. The zero-order valence-electron chi connectivity index (χ0n) is 25.9. The quantitative estimate of drug-likeness (QED) is 0.188. The molecule has 0 aliphatic carbocycles. The van der Waals surface area contributed by atoms with E-state index in [0.717, 1.165) is 41.1 Å². The first-order chi connectivity index (χ1) is 19.6. The highest BCUT2D eigenvalue weighted by Gasteiger charge is 2.24. The van der Waals surface area contributed by atoms with Gasteiger partial charge in [0.1, 0.15) is 23.6 Å². The normalized spacial score (nSPS) is 10.3. The van der Waals surface area contributed by atoms with Crippen molar-refractivity contribution in [3.8, 4) is 17.6 Å². The fourth-order valence-electron chi connectivity index (χ4n) is 4.57. The van der Waals surface area contributed by atoms with Crippen LogP contribution in [0.15, 0.2) is 73.3 Å². The number of halogens is 1. The number of anilines is 1. The average molecular weight is 559 g/mol. The molecule has 0 fully saturated rings. The van der Waals surface area contributed by atoms with E-state index in [1.54, 1.807) is 32.1 Å². The molecule has 0 bridgehead atoms. The Morgan fingerprint density at radius 3 is 2.15 bits per heavy atom. The number of carbonyl (C=O) groups excluding carboxylic acids is 1. The monoisotopic (exact) mass is 558 g/mol. The van der Waals surface area contributed by atoms with Crippen LogP contribution in [0.3, 0.4) is 0 Å². The Bertz CT molecular complexity index is 1250. The molecule has 0 aromatic heterocycles. The van der Waals surface area contributed by atoms with Crippen LogP contribution in [0.5, 0.6) is 11.5 Å². The van der Waals surface area contributed by atoms with E-state index < -0.39 is 5.41 Å². The predicted octanol–water partition coefficient (Wildman–Crippen LogP) is 10.3. The molecule has 0 unspecified atom stereocenters. The van der Waals surface area contributed by atoms with Gasteiger partial charge >= 0.3 is 0 Å². The van der Waals surface area contributed by atoms with Crippen molar-refractivity contribution >= 4 is 12.0 Å². The van der Waals surface area contributed by atoms with Gasteiger partial charge in [0.15, 0.2) is 0 Å². The Balaban J connectivity index is 0.000000390. The number of carbonyl (C=O) groups is 1. The molecule has 3 aromatic rings. The minimum Gasteiger partial charge on any atom is -0.457 e. The Morgan fingerprint density at radius 2 is 1.63 bits per heavy atom. The lowest BCUT2D eigenvalue weighted by molar-refractivity contribution is -0.111. The summed E-state index contributed by atoms with van der Waals surface area (Å²) in [5.74, 6) is 1.94. The molecule has 3 rings (SSSR count). The molecule has 220 valence electrons. The molecule has 0 spiro atoms. The van der Waals surface area contributed by atoms with Gasteiger partial charge in [-0.25, -0.2) is 4.39 Å². The standard InChI is InChI=1S/C20H23NO.C13H18FNO.C3H6/c1-3-7-17(8-4-2)19-9-5-6-10-20(19)22-18-13-11-16(15-21)12-14-18;1-5-15-12-7-10(14)6-11(9(12)2)13(3,4)8-16;1-3-2/h5-6,9-14,17H,3-4,7-8H2,1-2H3;6-8,15H,5H2,1-4H3;3H,1H2,2H3. The first-order valence-corrected chi connectivity index (χ1v) is 14.5. The Kier molecular flexibility index (Phi) is 15.8. The van der Waals surface area contributed by atoms with Crippen molar-refractivity contribution < 1.29 is 13.9 Å². The van der Waals surface area contributed by atoms with Gasteiger partial charge in [-0.15, -0.1) is 6.58 Å². The maximum Gasteiger partial charge on any atom is 0.130 e. The largest absolute Gasteiger partial charge is 0.457 e. The number of benzene rings is 3. The molecule has 0 saturated carbocycles. The first-order valence-electron chi connectivity index (χ1n) is 14.5. The summed E-state index contributed by atoms with van der Waals surface area (Å²) in [6.45, 7) is 17.9. The molecule has 0 aliphatic rings. The van der Waals surface area contributed by atoms with Gasteiger partial charge in [0.2, 0.25) is 0 Å². The van der Waals surface area contributed by atoms with E-state index >= 15 is 0 Å². The maximum absolute atomic E-state index is 13.4. The lowest BCUT2D eigenvalue weighted by Gasteiger charge is -2.22. The summed E-state index contributed by atoms with van der Waals surface area (Å²) in [4.78, 5) is 11.0. The van der Waals surface area contributed by atoms with Crippen LogP contribution < -0.4 is 10.1 Å². The molecule has 5 heteroatoms. The lowest BCUT2D eigenvalue weighted by Crippen LogP contribution is -2.21. The van der Waals surface area contributed by atoms with E-state index in [1.807, 2.05) is 45.0 Å². The highest BCUT2D eigenvalue weighted by Crippen LogP contribution is 2.35. The van der Waals surface area contributed by atoms with E-state index in [2.05, 4.69) is 43.9 Å². The lowest BCUT2D eigenvalue weighted by atomic mass is 9.83. The number of aldehydes is 1. The van der Waals surface area contributed by atoms with Crippen LogP contribution in [0.1, 0.15) is 95.4 Å². The molecule has 0 radical (unpaired) electrons. The van der Waals surface area contributed by atoms with Crippen molar-refractivity contribution in [1.82, 2.24) is 0 Å². The molecular formula is C36H47FN2O2. The van der Waals surface area contributed by atoms with Crippen molar-refractivity contribution in [3.63, 3.8) is 0 Å². The molecule has 3 aromatic carbocycles. The number of nitriles is 1. The SMILES string of the molecule is C=CC.CCCC(CCC)c1ccccc1Oc1ccc(C#N)cc1.CCNc1cc(F)cc(C(C)(C)C=O)c1C. The van der Waals surface area contributed by atoms with E-state index in [9.17, 15) is 9.18 Å². The van der Waals surface area contributed by atoms with Crippen molar-refractivity contribution in [1.29, 1.82) is 5.26 Å². The molecule has 4 nitrogen and oxygen atoms in total. The average Bonchev–Trinajstić information content (AvgIpc) is 2.96. The molecule has 41 heavy (non-hydrogen) atoms. The molecule has 0 atom stereocenters. The van der Waals surface area contributed by atoms with Crippen LogP contribution in [-0.2, 0) is 10.2 Å². The van der Waals surface area contributed by atoms with E-state index in [1.165, 1.54) is 43.4 Å². The number of allylic oxidation sites excluding steroid dienone is 1. The maximum atomic E-state index is 13.4. The zero-order valence-corrected chi connectivity index (χ0v) is 25.9. The van der Waals surface area contributed by atoms with E-state index in [-0.39, 0.29) is 5.82 Å². The summed E-state index contributed by atoms with van der Waals surface area (Å²) in [5.41, 5.74) is 3.70. The summed E-state index contributed by atoms with van der Waals surface area (Å²) in [6.07, 6.45) is 7.32. The van der Waals surface area contributed by atoms with Gasteiger partial charge in [0, 0.05) is 17.6 Å². The van der Waals surface area contributed by atoms with Crippen LogP contribution in [0.2, 0.25) is 0 Å². The third kappa shape index (κ3) is 11.2. The summed E-state index contributed by atoms with van der Waals surface area (Å²) >= 11 is 0. The van der Waals surface area contributed by atoms with E-state index in [0.29, 0.717) is 11.5 Å². The zero-order chi connectivity index (χ0) is 30.8. The molecule has 0 amide bonds. The van der Waals surface area contributed by atoms with Crippen molar-refractivity contribution in [3.05, 3.63) is 101 Å². The Labute approximate surface area is 247 Å². The van der Waals surface area contributed by atoms with Crippen molar-refractivity contribution in [2.75, 3.05) is 11.9 Å². The van der Waals surface area contributed by atoms with Gasteiger partial charge in [0.25, 0.3) is 0 Å². The number of ether oxygens (including phenoxy) is 1. The smallest absolute Gasteiger partial charge is 0.130 e. The van der Waals surface area contributed by atoms with Crippen LogP contribution in [0.25, 0.3) is 0 Å². The van der Waals surface area contributed by atoms with Gasteiger partial charge in [-0.05, 0) is 113 Å². The highest BCUT2D eigenvalue weighted by molar-refractivity contribution is 5.71. The molecule has 0 aliphatic heterocycles. The number of hydrogen-bond acceptors (Lipinski definition) is 4. The molecule has 1 N–H and O–H groups in total.